The van der Waals surface area contributed by atoms with Gasteiger partial charge in [0.15, 0.2) is 16.6 Å². The van der Waals surface area contributed by atoms with Crippen molar-refractivity contribution in [3.63, 3.8) is 0 Å². The Morgan fingerprint density at radius 1 is 1.18 bits per heavy atom. The standard InChI is InChI=1S/C25H26ClN5O2S/c1-16(2)17-3-6-20(7-4-17)31-15-27-29-25(31)34-14-23(32)30-11-9-18(10-12-30)24-28-21-13-19(26)5-8-22(21)33-24/h3-8,13,15-16,18H,9-12,14H2,1-2H3. The molecule has 0 atom stereocenters. The van der Waals surface area contributed by atoms with E-state index in [2.05, 4.69) is 53.3 Å². The molecule has 9 heteroatoms. The van der Waals surface area contributed by atoms with E-state index in [9.17, 15) is 4.79 Å². The summed E-state index contributed by atoms with van der Waals surface area (Å²) in [5.41, 5.74) is 3.80. The number of halogens is 1. The van der Waals surface area contributed by atoms with Gasteiger partial charge in [0, 0.05) is 29.7 Å². The number of piperidine rings is 1. The number of benzene rings is 2. The Morgan fingerprint density at radius 3 is 2.68 bits per heavy atom. The second kappa shape index (κ2) is 9.80. The van der Waals surface area contributed by atoms with Crippen LogP contribution in [0.5, 0.6) is 0 Å². The van der Waals surface area contributed by atoms with Crippen LogP contribution in [0.25, 0.3) is 16.8 Å². The Balaban J connectivity index is 1.17. The lowest BCUT2D eigenvalue weighted by molar-refractivity contribution is -0.129. The third-order valence-corrected chi connectivity index (χ3v) is 7.41. The third-order valence-electron chi connectivity index (χ3n) is 6.24. The van der Waals surface area contributed by atoms with E-state index in [-0.39, 0.29) is 11.8 Å². The highest BCUT2D eigenvalue weighted by Gasteiger charge is 2.27. The average molecular weight is 496 g/mol. The van der Waals surface area contributed by atoms with E-state index in [0.717, 1.165) is 35.5 Å². The molecular formula is C25H26ClN5O2S. The quantitative estimate of drug-likeness (QED) is 0.320. The summed E-state index contributed by atoms with van der Waals surface area (Å²) >= 11 is 7.48. The van der Waals surface area contributed by atoms with Gasteiger partial charge in [0.25, 0.3) is 0 Å². The molecule has 0 N–H and O–H groups in total. The number of carbonyl (C=O) groups is 1. The topological polar surface area (TPSA) is 77.1 Å². The maximum atomic E-state index is 12.9. The van der Waals surface area contributed by atoms with E-state index in [1.807, 2.05) is 21.6 Å². The molecule has 0 radical (unpaired) electrons. The number of hydrogen-bond donors (Lipinski definition) is 0. The van der Waals surface area contributed by atoms with Crippen LogP contribution in [0.1, 0.15) is 50.0 Å². The molecule has 0 unspecified atom stereocenters. The highest BCUT2D eigenvalue weighted by molar-refractivity contribution is 7.99. The highest BCUT2D eigenvalue weighted by atomic mass is 35.5. The van der Waals surface area contributed by atoms with E-state index in [0.29, 0.717) is 34.9 Å². The van der Waals surface area contributed by atoms with Crippen LogP contribution in [0.2, 0.25) is 5.02 Å². The summed E-state index contributed by atoms with van der Waals surface area (Å²) in [6, 6.07) is 13.8. The zero-order chi connectivity index (χ0) is 23.7. The van der Waals surface area contributed by atoms with Gasteiger partial charge in [0.1, 0.15) is 11.8 Å². The molecule has 1 aliphatic rings. The fraction of sp³-hybridized carbons (Fsp3) is 0.360. The van der Waals surface area contributed by atoms with Crippen LogP contribution in [0.4, 0.5) is 0 Å². The molecule has 5 rings (SSSR count). The van der Waals surface area contributed by atoms with Crippen molar-refractivity contribution in [2.45, 2.75) is 43.7 Å². The van der Waals surface area contributed by atoms with Gasteiger partial charge in [0.05, 0.1) is 5.75 Å². The highest BCUT2D eigenvalue weighted by Crippen LogP contribution is 2.31. The van der Waals surface area contributed by atoms with Gasteiger partial charge in [-0.25, -0.2) is 4.98 Å². The molecule has 2 aromatic carbocycles. The number of rotatable bonds is 6. The summed E-state index contributed by atoms with van der Waals surface area (Å²) in [4.78, 5) is 19.4. The minimum Gasteiger partial charge on any atom is -0.440 e. The predicted octanol–water partition coefficient (Wildman–Crippen LogP) is 5.68. The van der Waals surface area contributed by atoms with Crippen LogP contribution < -0.4 is 0 Å². The lowest BCUT2D eigenvalue weighted by atomic mass is 9.97. The normalized spacial score (nSPS) is 14.9. The van der Waals surface area contributed by atoms with Crippen LogP contribution in [0.3, 0.4) is 0 Å². The Labute approximate surface area is 207 Å². The number of nitrogens with zero attached hydrogens (tertiary/aromatic N) is 5. The van der Waals surface area contributed by atoms with Crippen molar-refractivity contribution < 1.29 is 9.21 Å². The maximum absolute atomic E-state index is 12.9. The molecular weight excluding hydrogens is 470 g/mol. The first kappa shape index (κ1) is 22.9. The van der Waals surface area contributed by atoms with Gasteiger partial charge in [-0.3, -0.25) is 9.36 Å². The zero-order valence-electron chi connectivity index (χ0n) is 19.1. The summed E-state index contributed by atoms with van der Waals surface area (Å²) in [5, 5.41) is 9.64. The fourth-order valence-corrected chi connectivity index (χ4v) is 5.20. The number of oxazole rings is 1. The molecule has 0 aliphatic carbocycles. The van der Waals surface area contributed by atoms with Gasteiger partial charge >= 0.3 is 0 Å². The van der Waals surface area contributed by atoms with Gasteiger partial charge in [-0.05, 0) is 54.7 Å². The molecule has 0 saturated carbocycles. The first-order chi connectivity index (χ1) is 16.5. The van der Waals surface area contributed by atoms with Crippen molar-refractivity contribution in [1.82, 2.24) is 24.6 Å². The first-order valence-electron chi connectivity index (χ1n) is 11.4. The van der Waals surface area contributed by atoms with Crippen molar-refractivity contribution in [1.29, 1.82) is 0 Å². The third kappa shape index (κ3) is 4.83. The molecule has 176 valence electrons. The molecule has 0 spiro atoms. The Morgan fingerprint density at radius 2 is 1.94 bits per heavy atom. The Hall–Kier alpha value is -2.84. The number of likely N-dealkylation sites (tertiary alicyclic amines) is 1. The van der Waals surface area contributed by atoms with Crippen LogP contribution in [0.15, 0.2) is 58.4 Å². The molecule has 0 bridgehead atoms. The minimum atomic E-state index is 0.109. The molecule has 7 nitrogen and oxygen atoms in total. The Kier molecular flexibility index (Phi) is 6.61. The molecule has 1 saturated heterocycles. The van der Waals surface area contributed by atoms with E-state index in [1.54, 1.807) is 12.4 Å². The monoisotopic (exact) mass is 495 g/mol. The summed E-state index contributed by atoms with van der Waals surface area (Å²) in [6.45, 7) is 5.72. The van der Waals surface area contributed by atoms with Crippen LogP contribution in [-0.4, -0.2) is 49.4 Å². The van der Waals surface area contributed by atoms with E-state index in [4.69, 9.17) is 16.0 Å². The van der Waals surface area contributed by atoms with Crippen molar-refractivity contribution in [2.24, 2.45) is 0 Å². The molecule has 4 aromatic rings. The summed E-state index contributed by atoms with van der Waals surface area (Å²) in [5.74, 6) is 1.86. The van der Waals surface area contributed by atoms with E-state index in [1.165, 1.54) is 17.3 Å². The second-order valence-electron chi connectivity index (χ2n) is 8.84. The fourth-order valence-electron chi connectivity index (χ4n) is 4.21. The Bertz CT molecular complexity index is 1290. The molecule has 1 amide bonds. The number of aromatic nitrogens is 4. The first-order valence-corrected chi connectivity index (χ1v) is 12.8. The molecule has 2 aromatic heterocycles. The number of thioether (sulfide) groups is 1. The molecule has 3 heterocycles. The lowest BCUT2D eigenvalue weighted by Crippen LogP contribution is -2.39. The van der Waals surface area contributed by atoms with Crippen molar-refractivity contribution in [3.05, 3.63) is 65.3 Å². The summed E-state index contributed by atoms with van der Waals surface area (Å²) in [7, 11) is 0. The second-order valence-corrected chi connectivity index (χ2v) is 10.2. The maximum Gasteiger partial charge on any atom is 0.233 e. The number of hydrogen-bond acceptors (Lipinski definition) is 6. The van der Waals surface area contributed by atoms with E-state index < -0.39 is 0 Å². The number of carbonyl (C=O) groups excluding carboxylic acids is 1. The predicted molar refractivity (Wildman–Crippen MR) is 134 cm³/mol. The van der Waals surface area contributed by atoms with Gasteiger partial charge < -0.3 is 9.32 Å². The number of amides is 1. The smallest absolute Gasteiger partial charge is 0.233 e. The van der Waals surface area contributed by atoms with Gasteiger partial charge in [-0.2, -0.15) is 0 Å². The largest absolute Gasteiger partial charge is 0.440 e. The van der Waals surface area contributed by atoms with Gasteiger partial charge in [-0.15, -0.1) is 10.2 Å². The van der Waals surface area contributed by atoms with Crippen LogP contribution >= 0.6 is 23.4 Å². The summed E-state index contributed by atoms with van der Waals surface area (Å²) in [6.07, 6.45) is 3.35. The van der Waals surface area contributed by atoms with Crippen LogP contribution in [0, 0.1) is 0 Å². The lowest BCUT2D eigenvalue weighted by Gasteiger charge is -2.30. The molecule has 34 heavy (non-hydrogen) atoms. The van der Waals surface area contributed by atoms with Crippen molar-refractivity contribution in [3.8, 4) is 5.69 Å². The van der Waals surface area contributed by atoms with Crippen LogP contribution in [-0.2, 0) is 4.79 Å². The molecule has 1 fully saturated rings. The zero-order valence-corrected chi connectivity index (χ0v) is 20.7. The molecule has 1 aliphatic heterocycles. The van der Waals surface area contributed by atoms with Gasteiger partial charge in [0.2, 0.25) is 5.91 Å². The van der Waals surface area contributed by atoms with E-state index >= 15 is 0 Å². The van der Waals surface area contributed by atoms with Crippen molar-refractivity contribution in [2.75, 3.05) is 18.8 Å². The van der Waals surface area contributed by atoms with Crippen molar-refractivity contribution >= 4 is 40.4 Å². The number of fused-ring (bicyclic) bond motifs is 1. The average Bonchev–Trinajstić information content (AvgIpc) is 3.49. The SMILES string of the molecule is CC(C)c1ccc(-n2cnnc2SCC(=O)N2CCC(c3nc4cc(Cl)ccc4o3)CC2)cc1. The summed E-state index contributed by atoms with van der Waals surface area (Å²) < 4.78 is 7.86. The van der Waals surface area contributed by atoms with Gasteiger partial charge in [-0.1, -0.05) is 49.3 Å². The minimum absolute atomic E-state index is 0.109.